The number of unbranched alkanes of at least 4 members (excludes halogenated alkanes) is 2. The second-order valence-electron chi connectivity index (χ2n) is 6.86. The van der Waals surface area contributed by atoms with E-state index in [0.717, 1.165) is 43.0 Å². The van der Waals surface area contributed by atoms with Crippen LogP contribution in [0.1, 0.15) is 48.6 Å². The van der Waals surface area contributed by atoms with E-state index in [2.05, 4.69) is 65.5 Å². The molecule has 3 N–H and O–H groups in total. The zero-order chi connectivity index (χ0) is 18.2. The van der Waals surface area contributed by atoms with Crippen molar-refractivity contribution in [2.45, 2.75) is 46.1 Å². The second-order valence-corrected chi connectivity index (χ2v) is 6.86. The average molecular weight is 342 g/mol. The third kappa shape index (κ3) is 6.02. The van der Waals surface area contributed by atoms with Crippen LogP contribution in [0.5, 0.6) is 0 Å². The summed E-state index contributed by atoms with van der Waals surface area (Å²) in [6.45, 7) is 6.07. The van der Waals surface area contributed by atoms with Crippen molar-refractivity contribution in [3.63, 3.8) is 0 Å². The molecule has 0 amide bonds. The predicted octanol–water partition coefficient (Wildman–Crippen LogP) is 3.62. The molecule has 2 rings (SSSR count). The molecule has 0 atom stereocenters. The van der Waals surface area contributed by atoms with Crippen LogP contribution in [0.25, 0.3) is 0 Å². The molecule has 1 aromatic heterocycles. The smallest absolute Gasteiger partial charge is 0.222 e. The number of nitrogens with one attached hydrogen (secondary N) is 1. The van der Waals surface area contributed by atoms with E-state index in [-0.39, 0.29) is 0 Å². The standard InChI is InChI=1S/C20H31N5/c1-5-6-7-11-22-19-18(15(2)23-20(21)24-19)13-16-9-8-10-17(12-16)14-25(3)4/h8-10,12H,5-7,11,13-14H2,1-4H3,(H3,21,22,23,24). The van der Waals surface area contributed by atoms with Crippen LogP contribution in [0.4, 0.5) is 11.8 Å². The summed E-state index contributed by atoms with van der Waals surface area (Å²) in [4.78, 5) is 11.0. The Labute approximate surface area is 151 Å². The number of nitrogen functional groups attached to an aromatic ring is 1. The normalized spacial score (nSPS) is 11.1. The minimum absolute atomic E-state index is 0.334. The van der Waals surface area contributed by atoms with Crippen molar-refractivity contribution in [3.05, 3.63) is 46.6 Å². The molecule has 2 aromatic rings. The molecular formula is C20H31N5. The van der Waals surface area contributed by atoms with Crippen LogP contribution in [-0.4, -0.2) is 35.5 Å². The maximum absolute atomic E-state index is 5.86. The third-order valence-electron chi connectivity index (χ3n) is 4.18. The molecule has 136 valence electrons. The number of aromatic nitrogens is 2. The molecule has 0 spiro atoms. The van der Waals surface area contributed by atoms with E-state index < -0.39 is 0 Å². The molecular weight excluding hydrogens is 310 g/mol. The Hall–Kier alpha value is -2.14. The summed E-state index contributed by atoms with van der Waals surface area (Å²) in [5, 5.41) is 3.46. The summed E-state index contributed by atoms with van der Waals surface area (Å²) in [5.41, 5.74) is 10.5. The Bertz CT molecular complexity index is 682. The fraction of sp³-hybridized carbons (Fsp3) is 0.500. The number of nitrogens with two attached hydrogens (primary N) is 1. The summed E-state index contributed by atoms with van der Waals surface area (Å²) in [7, 11) is 4.17. The quantitative estimate of drug-likeness (QED) is 0.682. The van der Waals surface area contributed by atoms with Gasteiger partial charge in [0.2, 0.25) is 5.95 Å². The molecule has 0 radical (unpaired) electrons. The van der Waals surface area contributed by atoms with Gasteiger partial charge in [-0.3, -0.25) is 0 Å². The first-order valence-electron chi connectivity index (χ1n) is 9.09. The number of aryl methyl sites for hydroxylation is 1. The Balaban J connectivity index is 2.20. The zero-order valence-electron chi connectivity index (χ0n) is 16.0. The second kappa shape index (κ2) is 9.37. The summed E-state index contributed by atoms with van der Waals surface area (Å²) in [6, 6.07) is 8.71. The molecule has 5 heteroatoms. The van der Waals surface area contributed by atoms with E-state index in [1.807, 2.05) is 6.92 Å². The first kappa shape index (κ1) is 19.2. The lowest BCUT2D eigenvalue weighted by Crippen LogP contribution is -2.12. The van der Waals surface area contributed by atoms with E-state index in [0.29, 0.717) is 5.95 Å². The number of hydrogen-bond donors (Lipinski definition) is 2. The van der Waals surface area contributed by atoms with E-state index in [4.69, 9.17) is 5.73 Å². The monoisotopic (exact) mass is 341 g/mol. The topological polar surface area (TPSA) is 67.1 Å². The van der Waals surface area contributed by atoms with Crippen molar-refractivity contribution in [2.75, 3.05) is 31.7 Å². The van der Waals surface area contributed by atoms with Gasteiger partial charge >= 0.3 is 0 Å². The maximum Gasteiger partial charge on any atom is 0.222 e. The van der Waals surface area contributed by atoms with Gasteiger partial charge in [0.25, 0.3) is 0 Å². The number of rotatable bonds is 9. The highest BCUT2D eigenvalue weighted by molar-refractivity contribution is 5.51. The molecule has 1 heterocycles. The van der Waals surface area contributed by atoms with Crippen molar-refractivity contribution in [1.82, 2.24) is 14.9 Å². The minimum atomic E-state index is 0.334. The van der Waals surface area contributed by atoms with Crippen molar-refractivity contribution >= 4 is 11.8 Å². The van der Waals surface area contributed by atoms with Crippen LogP contribution in [0.15, 0.2) is 24.3 Å². The van der Waals surface area contributed by atoms with Crippen LogP contribution in [0.2, 0.25) is 0 Å². The van der Waals surface area contributed by atoms with Gasteiger partial charge in [-0.2, -0.15) is 4.98 Å². The van der Waals surface area contributed by atoms with Gasteiger partial charge in [-0.15, -0.1) is 0 Å². The maximum atomic E-state index is 5.86. The molecule has 0 saturated heterocycles. The van der Waals surface area contributed by atoms with Gasteiger partial charge in [-0.1, -0.05) is 44.0 Å². The van der Waals surface area contributed by atoms with E-state index in [1.54, 1.807) is 0 Å². The first-order chi connectivity index (χ1) is 12.0. The number of benzene rings is 1. The fourth-order valence-corrected chi connectivity index (χ4v) is 2.96. The lowest BCUT2D eigenvalue weighted by molar-refractivity contribution is 0.402. The molecule has 0 aliphatic rings. The minimum Gasteiger partial charge on any atom is -0.370 e. The Morgan fingerprint density at radius 2 is 1.88 bits per heavy atom. The molecule has 0 bridgehead atoms. The summed E-state index contributed by atoms with van der Waals surface area (Å²) < 4.78 is 0. The average Bonchev–Trinajstić information content (AvgIpc) is 2.54. The molecule has 0 fully saturated rings. The first-order valence-corrected chi connectivity index (χ1v) is 9.09. The van der Waals surface area contributed by atoms with Crippen LogP contribution in [-0.2, 0) is 13.0 Å². The Morgan fingerprint density at radius 1 is 1.12 bits per heavy atom. The number of nitrogens with zero attached hydrogens (tertiary/aromatic N) is 3. The molecule has 0 saturated carbocycles. The van der Waals surface area contributed by atoms with Crippen molar-refractivity contribution in [1.29, 1.82) is 0 Å². The van der Waals surface area contributed by atoms with Gasteiger partial charge < -0.3 is 16.0 Å². The van der Waals surface area contributed by atoms with Crippen molar-refractivity contribution < 1.29 is 0 Å². The molecule has 1 aromatic carbocycles. The van der Waals surface area contributed by atoms with Crippen molar-refractivity contribution in [2.24, 2.45) is 0 Å². The van der Waals surface area contributed by atoms with Gasteiger partial charge in [0.15, 0.2) is 0 Å². The van der Waals surface area contributed by atoms with Gasteiger partial charge in [0.05, 0.1) is 0 Å². The fourth-order valence-electron chi connectivity index (χ4n) is 2.96. The zero-order valence-corrected chi connectivity index (χ0v) is 16.0. The van der Waals surface area contributed by atoms with E-state index in [9.17, 15) is 0 Å². The lowest BCUT2D eigenvalue weighted by Gasteiger charge is -2.15. The molecule has 0 aliphatic carbocycles. The summed E-state index contributed by atoms with van der Waals surface area (Å²) in [6.07, 6.45) is 4.37. The van der Waals surface area contributed by atoms with E-state index in [1.165, 1.54) is 24.0 Å². The summed E-state index contributed by atoms with van der Waals surface area (Å²) in [5.74, 6) is 1.21. The molecule has 0 unspecified atom stereocenters. The lowest BCUT2D eigenvalue weighted by atomic mass is 10.0. The number of hydrogen-bond acceptors (Lipinski definition) is 5. The van der Waals surface area contributed by atoms with Crippen LogP contribution in [0.3, 0.4) is 0 Å². The number of anilines is 2. The van der Waals surface area contributed by atoms with Gasteiger partial charge in [0.1, 0.15) is 5.82 Å². The van der Waals surface area contributed by atoms with Crippen LogP contribution in [0, 0.1) is 6.92 Å². The highest BCUT2D eigenvalue weighted by Gasteiger charge is 2.12. The molecule has 0 aliphatic heterocycles. The summed E-state index contributed by atoms with van der Waals surface area (Å²) >= 11 is 0. The molecule has 5 nitrogen and oxygen atoms in total. The largest absolute Gasteiger partial charge is 0.370 e. The SMILES string of the molecule is CCCCCNc1nc(N)nc(C)c1Cc1cccc(CN(C)C)c1. The van der Waals surface area contributed by atoms with Crippen molar-refractivity contribution in [3.8, 4) is 0 Å². The Kier molecular flexibility index (Phi) is 7.19. The van der Waals surface area contributed by atoms with Gasteiger partial charge in [0, 0.05) is 30.8 Å². The van der Waals surface area contributed by atoms with Gasteiger partial charge in [-0.05, 0) is 38.6 Å². The predicted molar refractivity (Wildman–Crippen MR) is 106 cm³/mol. The van der Waals surface area contributed by atoms with Crippen LogP contribution < -0.4 is 11.1 Å². The van der Waals surface area contributed by atoms with Gasteiger partial charge in [-0.25, -0.2) is 4.98 Å². The van der Waals surface area contributed by atoms with E-state index >= 15 is 0 Å². The Morgan fingerprint density at radius 3 is 2.60 bits per heavy atom. The third-order valence-corrected chi connectivity index (χ3v) is 4.18. The highest BCUT2D eigenvalue weighted by Crippen LogP contribution is 2.22. The van der Waals surface area contributed by atoms with Crippen LogP contribution >= 0.6 is 0 Å². The molecule has 25 heavy (non-hydrogen) atoms. The highest BCUT2D eigenvalue weighted by atomic mass is 15.1.